The van der Waals surface area contributed by atoms with E-state index in [-0.39, 0.29) is 23.8 Å². The molecule has 242 valence electrons. The van der Waals surface area contributed by atoms with Gasteiger partial charge >= 0.3 is 0 Å². The quantitative estimate of drug-likeness (QED) is 0.0923. The van der Waals surface area contributed by atoms with Crippen LogP contribution in [0.15, 0.2) is 78.1 Å². The van der Waals surface area contributed by atoms with E-state index in [4.69, 9.17) is 4.74 Å². The van der Waals surface area contributed by atoms with Crippen LogP contribution < -0.4 is 15.4 Å². The van der Waals surface area contributed by atoms with Crippen LogP contribution in [-0.4, -0.2) is 65.2 Å². The number of nitrogens with zero attached hydrogens (tertiary/aromatic N) is 7. The molecule has 0 saturated carbocycles. The number of benzene rings is 2. The Labute approximate surface area is 278 Å². The fraction of sp³-hybridized carbons (Fsp3) is 0.194. The molecule has 0 bridgehead atoms. The topological polar surface area (TPSA) is 182 Å². The van der Waals surface area contributed by atoms with Gasteiger partial charge in [0.25, 0.3) is 0 Å². The highest BCUT2D eigenvalue weighted by atomic mass is 79.9. The molecule has 0 unspecified atom stereocenters. The third kappa shape index (κ3) is 7.34. The van der Waals surface area contributed by atoms with Crippen molar-refractivity contribution in [3.05, 3.63) is 83.6 Å². The molecule has 6 rings (SSSR count). The van der Waals surface area contributed by atoms with Crippen LogP contribution in [0.25, 0.3) is 22.2 Å². The second-order valence-electron chi connectivity index (χ2n) is 10.7. The van der Waals surface area contributed by atoms with E-state index < -0.39 is 10.0 Å². The maximum absolute atomic E-state index is 12.5. The normalized spacial score (nSPS) is 11.6. The number of ether oxygens (including phenoxy) is 1. The van der Waals surface area contributed by atoms with E-state index in [1.54, 1.807) is 41.6 Å². The molecular weight excluding hydrogens is 690 g/mol. The molecule has 0 saturated heterocycles. The summed E-state index contributed by atoms with van der Waals surface area (Å²) in [4.78, 5) is 17.9. The van der Waals surface area contributed by atoms with E-state index >= 15 is 0 Å². The molecule has 6 aromatic rings. The van der Waals surface area contributed by atoms with Gasteiger partial charge in [-0.2, -0.15) is 10.1 Å². The smallest absolute Gasteiger partial charge is 0.237 e. The molecule has 0 aliphatic carbocycles. The molecule has 16 heteroatoms. The number of unbranched alkanes of at least 4 members (excludes halogenated alkanes) is 1. The second kappa shape index (κ2) is 13.4. The number of aliphatic hydroxyl groups is 1. The molecule has 2 aromatic carbocycles. The van der Waals surface area contributed by atoms with Gasteiger partial charge in [0.2, 0.25) is 21.9 Å². The number of anilines is 4. The number of aryl methyl sites for hydroxylation is 2. The van der Waals surface area contributed by atoms with Crippen LogP contribution in [-0.2, 0) is 23.5 Å². The van der Waals surface area contributed by atoms with Gasteiger partial charge < -0.3 is 25.6 Å². The largest absolute Gasteiger partial charge is 0.507 e. The summed E-state index contributed by atoms with van der Waals surface area (Å²) in [6, 6.07) is 10.2. The first-order valence-electron chi connectivity index (χ1n) is 14.4. The van der Waals surface area contributed by atoms with Gasteiger partial charge in [0, 0.05) is 54.9 Å². The Balaban J connectivity index is 1.27. The van der Waals surface area contributed by atoms with Crippen molar-refractivity contribution in [1.29, 1.82) is 0 Å². The number of hydrogen-bond donors (Lipinski definition) is 4. The lowest BCUT2D eigenvalue weighted by Crippen LogP contribution is -2.10. The molecule has 4 N–H and O–H groups in total. The summed E-state index contributed by atoms with van der Waals surface area (Å²) < 4.78 is 34.3. The molecule has 0 aliphatic rings. The number of fused-ring (bicyclic) bond motifs is 1. The van der Waals surface area contributed by atoms with Crippen LogP contribution in [0.5, 0.6) is 17.4 Å². The first kappa shape index (κ1) is 31.9. The fourth-order valence-corrected chi connectivity index (χ4v) is 6.03. The van der Waals surface area contributed by atoms with Crippen molar-refractivity contribution in [2.75, 3.05) is 23.5 Å². The first-order valence-corrected chi connectivity index (χ1v) is 17.1. The van der Waals surface area contributed by atoms with Gasteiger partial charge in [-0.05, 0) is 71.1 Å². The Hall–Kier alpha value is -5.06. The standard InChI is InChI=1S/C31H30BrN9O5S/c1-40-18-20(14-36-40)26-16-34-28(17-33-26)46-22-12-19(5-3-4-10-42)11-21(13-22)37-31-35-15-24(32)30(39-31)38-25-6-7-27(43)23-8-9-41(29(23)25)47(2,44)45/h6-9,11-18,42-43H,3-5,10H2,1-2H3,(H2,35,37,38,39). The van der Waals surface area contributed by atoms with Gasteiger partial charge in [-0.15, -0.1) is 0 Å². The van der Waals surface area contributed by atoms with Gasteiger partial charge in [-0.25, -0.2) is 27.3 Å². The molecule has 47 heavy (non-hydrogen) atoms. The van der Waals surface area contributed by atoms with Crippen LogP contribution in [0.3, 0.4) is 0 Å². The molecule has 14 nitrogen and oxygen atoms in total. The number of aromatic hydroxyl groups is 1. The molecule has 0 atom stereocenters. The number of halogens is 1. The second-order valence-corrected chi connectivity index (χ2v) is 13.4. The van der Waals surface area contributed by atoms with Crippen molar-refractivity contribution in [1.82, 2.24) is 33.7 Å². The van der Waals surface area contributed by atoms with Gasteiger partial charge in [-0.1, -0.05) is 0 Å². The predicted octanol–water partition coefficient (Wildman–Crippen LogP) is 5.49. The minimum atomic E-state index is -3.66. The summed E-state index contributed by atoms with van der Waals surface area (Å²) in [5, 5.41) is 30.6. The average Bonchev–Trinajstić information content (AvgIpc) is 3.69. The summed E-state index contributed by atoms with van der Waals surface area (Å²) in [5.74, 6) is 1.38. The SMILES string of the molecule is Cn1cc(-c2cnc(Oc3cc(CCCCO)cc(Nc4ncc(Br)c(Nc5ccc(O)c6ccn(S(C)(=O)=O)c56)n4)c3)cn2)cn1. The van der Waals surface area contributed by atoms with Crippen molar-refractivity contribution < 1.29 is 23.4 Å². The highest BCUT2D eigenvalue weighted by Gasteiger charge is 2.18. The van der Waals surface area contributed by atoms with Gasteiger partial charge in [0.05, 0.1) is 46.2 Å². The van der Waals surface area contributed by atoms with E-state index in [1.807, 2.05) is 25.4 Å². The molecule has 4 aromatic heterocycles. The minimum Gasteiger partial charge on any atom is -0.507 e. The fourth-order valence-electron chi connectivity index (χ4n) is 4.93. The Kier molecular flexibility index (Phi) is 9.06. The Morgan fingerprint density at radius 3 is 2.57 bits per heavy atom. The van der Waals surface area contributed by atoms with Crippen molar-refractivity contribution in [2.45, 2.75) is 19.3 Å². The molecule has 4 heterocycles. The number of phenolic OH excluding ortho intramolecular Hbond substituents is 1. The van der Waals surface area contributed by atoms with E-state index in [1.165, 1.54) is 18.3 Å². The minimum absolute atomic E-state index is 0.0515. The van der Waals surface area contributed by atoms with Crippen molar-refractivity contribution >= 4 is 60.0 Å². The third-order valence-corrected chi connectivity index (χ3v) is 8.69. The first-order chi connectivity index (χ1) is 22.6. The van der Waals surface area contributed by atoms with Crippen molar-refractivity contribution in [2.24, 2.45) is 7.05 Å². The van der Waals surface area contributed by atoms with Crippen LogP contribution in [0.1, 0.15) is 18.4 Å². The summed E-state index contributed by atoms with van der Waals surface area (Å²) in [7, 11) is -1.83. The zero-order valence-electron chi connectivity index (χ0n) is 25.3. The van der Waals surface area contributed by atoms with Crippen LogP contribution in [0, 0.1) is 0 Å². The zero-order chi connectivity index (χ0) is 33.1. The van der Waals surface area contributed by atoms with Crippen molar-refractivity contribution in [3.63, 3.8) is 0 Å². The summed E-state index contributed by atoms with van der Waals surface area (Å²) >= 11 is 3.47. The Bertz CT molecular complexity index is 2170. The third-order valence-electron chi connectivity index (χ3n) is 7.09. The molecule has 0 aliphatic heterocycles. The lowest BCUT2D eigenvalue weighted by Gasteiger charge is -2.14. The van der Waals surface area contributed by atoms with E-state index in [9.17, 15) is 18.6 Å². The monoisotopic (exact) mass is 719 g/mol. The number of aromatic nitrogens is 7. The Morgan fingerprint density at radius 1 is 1.00 bits per heavy atom. The molecule has 0 fully saturated rings. The molecule has 0 radical (unpaired) electrons. The number of hydrogen-bond acceptors (Lipinski definition) is 12. The van der Waals surface area contributed by atoms with Crippen LogP contribution in [0.2, 0.25) is 0 Å². The molecule has 0 spiro atoms. The number of rotatable bonds is 12. The van der Waals surface area contributed by atoms with Crippen LogP contribution in [0.4, 0.5) is 23.1 Å². The summed E-state index contributed by atoms with van der Waals surface area (Å²) in [5.41, 5.74) is 3.80. The van der Waals surface area contributed by atoms with E-state index in [2.05, 4.69) is 51.6 Å². The lowest BCUT2D eigenvalue weighted by molar-refractivity contribution is 0.284. The van der Waals surface area contributed by atoms with Gasteiger partial charge in [0.1, 0.15) is 17.3 Å². The highest BCUT2D eigenvalue weighted by molar-refractivity contribution is 9.10. The van der Waals surface area contributed by atoms with E-state index in [0.717, 1.165) is 27.8 Å². The highest BCUT2D eigenvalue weighted by Crippen LogP contribution is 2.36. The Morgan fingerprint density at radius 2 is 1.85 bits per heavy atom. The number of aliphatic hydroxyl groups excluding tert-OH is 1. The summed E-state index contributed by atoms with van der Waals surface area (Å²) in [6.07, 6.45) is 12.9. The van der Waals surface area contributed by atoms with Gasteiger partial charge in [0.15, 0.2) is 0 Å². The number of phenols is 1. The van der Waals surface area contributed by atoms with Gasteiger partial charge in [-0.3, -0.25) is 4.68 Å². The predicted molar refractivity (Wildman–Crippen MR) is 181 cm³/mol. The van der Waals surface area contributed by atoms with Crippen molar-refractivity contribution in [3.8, 4) is 28.6 Å². The maximum Gasteiger partial charge on any atom is 0.237 e. The van der Waals surface area contributed by atoms with E-state index in [0.29, 0.717) is 57.2 Å². The average molecular weight is 721 g/mol. The molecular formula is C31H30BrN9O5S. The lowest BCUT2D eigenvalue weighted by atomic mass is 10.1. The summed E-state index contributed by atoms with van der Waals surface area (Å²) in [6.45, 7) is 0.102. The molecule has 0 amide bonds. The maximum atomic E-state index is 12.5. The number of nitrogens with one attached hydrogen (secondary N) is 2. The van der Waals surface area contributed by atoms with Crippen LogP contribution >= 0.6 is 15.9 Å². The zero-order valence-corrected chi connectivity index (χ0v) is 27.7.